The van der Waals surface area contributed by atoms with Crippen molar-refractivity contribution in [3.63, 3.8) is 0 Å². The molecule has 1 aromatic heterocycles. The Hall–Kier alpha value is -2.28. The number of phenolic OH excluding ortho intramolecular Hbond substituents is 1. The first-order chi connectivity index (χ1) is 7.29. The van der Waals surface area contributed by atoms with Crippen molar-refractivity contribution in [1.82, 2.24) is 9.78 Å². The Morgan fingerprint density at radius 2 is 2.33 bits per heavy atom. The van der Waals surface area contributed by atoms with Crippen LogP contribution < -0.4 is 0 Å². The first-order valence-corrected chi connectivity index (χ1v) is 4.49. The highest BCUT2D eigenvalue weighted by atomic mass is 16.3. The Kier molecular flexibility index (Phi) is 2.38. The third kappa shape index (κ3) is 1.97. The van der Waals surface area contributed by atoms with Gasteiger partial charge in [0, 0.05) is 17.8 Å². The zero-order valence-electron chi connectivity index (χ0n) is 7.96. The number of hydrogen-bond acceptors (Lipinski definition) is 3. The molecule has 1 N–H and O–H groups in total. The minimum absolute atomic E-state index is 0.199. The van der Waals surface area contributed by atoms with Crippen molar-refractivity contribution in [2.45, 2.75) is 6.42 Å². The van der Waals surface area contributed by atoms with E-state index in [0.717, 1.165) is 11.3 Å². The third-order valence-electron chi connectivity index (χ3n) is 2.01. The summed E-state index contributed by atoms with van der Waals surface area (Å²) in [5.74, 6) is 0.199. The Morgan fingerprint density at radius 1 is 1.47 bits per heavy atom. The van der Waals surface area contributed by atoms with Crippen molar-refractivity contribution >= 4 is 0 Å². The van der Waals surface area contributed by atoms with Gasteiger partial charge < -0.3 is 5.11 Å². The zero-order chi connectivity index (χ0) is 10.7. The van der Waals surface area contributed by atoms with Crippen LogP contribution >= 0.6 is 0 Å². The van der Waals surface area contributed by atoms with Gasteiger partial charge in [0.05, 0.1) is 24.4 Å². The van der Waals surface area contributed by atoms with E-state index in [2.05, 4.69) is 11.2 Å². The molecule has 2 aromatic rings. The number of rotatable bonds is 2. The Morgan fingerprint density at radius 3 is 3.07 bits per heavy atom. The molecule has 1 aromatic carbocycles. The SMILES string of the molecule is N#CCc1cnn(-c2cccc(O)c2)c1. The highest BCUT2D eigenvalue weighted by Crippen LogP contribution is 2.14. The summed E-state index contributed by atoms with van der Waals surface area (Å²) in [5, 5.41) is 21.9. The second-order valence-electron chi connectivity index (χ2n) is 3.15. The van der Waals surface area contributed by atoms with Gasteiger partial charge in [0.2, 0.25) is 0 Å². The molecule has 0 aliphatic rings. The number of phenols is 1. The average molecular weight is 199 g/mol. The second-order valence-corrected chi connectivity index (χ2v) is 3.15. The van der Waals surface area contributed by atoms with Crippen LogP contribution in [0.5, 0.6) is 5.75 Å². The number of aromatic nitrogens is 2. The maximum atomic E-state index is 9.29. The Bertz CT molecular complexity index is 511. The van der Waals surface area contributed by atoms with Crippen LogP contribution in [-0.2, 0) is 6.42 Å². The number of benzene rings is 1. The van der Waals surface area contributed by atoms with Gasteiger partial charge >= 0.3 is 0 Å². The summed E-state index contributed by atoms with van der Waals surface area (Å²) in [6.07, 6.45) is 3.77. The molecule has 2 rings (SSSR count). The molecule has 0 atom stereocenters. The van der Waals surface area contributed by atoms with Crippen molar-refractivity contribution in [3.8, 4) is 17.5 Å². The van der Waals surface area contributed by atoms with Crippen molar-refractivity contribution in [2.75, 3.05) is 0 Å². The van der Waals surface area contributed by atoms with E-state index in [4.69, 9.17) is 5.26 Å². The minimum atomic E-state index is 0.199. The minimum Gasteiger partial charge on any atom is -0.508 e. The molecule has 0 fully saturated rings. The van der Waals surface area contributed by atoms with Crippen molar-refractivity contribution in [3.05, 3.63) is 42.2 Å². The fourth-order valence-electron chi connectivity index (χ4n) is 1.32. The largest absolute Gasteiger partial charge is 0.508 e. The number of nitrogens with zero attached hydrogens (tertiary/aromatic N) is 3. The summed E-state index contributed by atoms with van der Waals surface area (Å²) < 4.78 is 1.63. The number of nitriles is 1. The van der Waals surface area contributed by atoms with E-state index < -0.39 is 0 Å². The van der Waals surface area contributed by atoms with E-state index in [0.29, 0.717) is 6.42 Å². The maximum absolute atomic E-state index is 9.29. The molecule has 0 saturated heterocycles. The summed E-state index contributed by atoms with van der Waals surface area (Å²) in [4.78, 5) is 0. The summed E-state index contributed by atoms with van der Waals surface area (Å²) >= 11 is 0. The lowest BCUT2D eigenvalue weighted by Crippen LogP contribution is -1.92. The molecule has 0 unspecified atom stereocenters. The lowest BCUT2D eigenvalue weighted by molar-refractivity contribution is 0.475. The first-order valence-electron chi connectivity index (χ1n) is 4.49. The van der Waals surface area contributed by atoms with Crippen molar-refractivity contribution in [1.29, 1.82) is 5.26 Å². The zero-order valence-corrected chi connectivity index (χ0v) is 7.96. The molecule has 1 heterocycles. The summed E-state index contributed by atoms with van der Waals surface area (Å²) in [6.45, 7) is 0. The summed E-state index contributed by atoms with van der Waals surface area (Å²) in [5.41, 5.74) is 1.64. The molecule has 0 saturated carbocycles. The Labute approximate surface area is 87.0 Å². The molecular formula is C11H9N3O. The van der Waals surface area contributed by atoms with E-state index in [1.807, 2.05) is 6.07 Å². The topological polar surface area (TPSA) is 61.8 Å². The third-order valence-corrected chi connectivity index (χ3v) is 2.01. The van der Waals surface area contributed by atoms with Crippen LogP contribution in [-0.4, -0.2) is 14.9 Å². The molecular weight excluding hydrogens is 190 g/mol. The fraction of sp³-hybridized carbons (Fsp3) is 0.0909. The van der Waals surface area contributed by atoms with Gasteiger partial charge in [-0.3, -0.25) is 0 Å². The highest BCUT2D eigenvalue weighted by Gasteiger charge is 2.00. The lowest BCUT2D eigenvalue weighted by Gasteiger charge is -2.00. The average Bonchev–Trinajstić information content (AvgIpc) is 2.67. The van der Waals surface area contributed by atoms with Gasteiger partial charge in [0.25, 0.3) is 0 Å². The molecule has 4 heteroatoms. The van der Waals surface area contributed by atoms with Crippen LogP contribution in [0, 0.1) is 11.3 Å². The molecule has 0 radical (unpaired) electrons. The van der Waals surface area contributed by atoms with Gasteiger partial charge in [0.15, 0.2) is 0 Å². The molecule has 0 amide bonds. The summed E-state index contributed by atoms with van der Waals surface area (Å²) in [6, 6.07) is 8.85. The highest BCUT2D eigenvalue weighted by molar-refractivity contribution is 5.38. The molecule has 0 aliphatic carbocycles. The monoisotopic (exact) mass is 199 g/mol. The van der Waals surface area contributed by atoms with E-state index in [1.165, 1.54) is 0 Å². The van der Waals surface area contributed by atoms with Crippen LogP contribution in [0.3, 0.4) is 0 Å². The van der Waals surface area contributed by atoms with E-state index in [1.54, 1.807) is 35.3 Å². The maximum Gasteiger partial charge on any atom is 0.117 e. The lowest BCUT2D eigenvalue weighted by atomic mass is 10.3. The van der Waals surface area contributed by atoms with Crippen LogP contribution in [0.25, 0.3) is 5.69 Å². The van der Waals surface area contributed by atoms with E-state index in [-0.39, 0.29) is 5.75 Å². The quantitative estimate of drug-likeness (QED) is 0.799. The molecule has 74 valence electrons. The molecule has 0 bridgehead atoms. The smallest absolute Gasteiger partial charge is 0.117 e. The molecule has 4 nitrogen and oxygen atoms in total. The number of hydrogen-bond donors (Lipinski definition) is 1. The predicted molar refractivity (Wildman–Crippen MR) is 54.5 cm³/mol. The summed E-state index contributed by atoms with van der Waals surface area (Å²) in [7, 11) is 0. The van der Waals surface area contributed by atoms with Crippen molar-refractivity contribution in [2.24, 2.45) is 0 Å². The predicted octanol–water partition coefficient (Wildman–Crippen LogP) is 1.64. The van der Waals surface area contributed by atoms with Gasteiger partial charge in [-0.1, -0.05) is 6.07 Å². The Balaban J connectivity index is 2.34. The van der Waals surface area contributed by atoms with Crippen molar-refractivity contribution < 1.29 is 5.11 Å². The molecule has 0 spiro atoms. The normalized spacial score (nSPS) is 9.80. The molecule has 0 aliphatic heterocycles. The van der Waals surface area contributed by atoms with Gasteiger partial charge in [-0.2, -0.15) is 10.4 Å². The van der Waals surface area contributed by atoms with Gasteiger partial charge in [-0.15, -0.1) is 0 Å². The second kappa shape index (κ2) is 3.84. The number of aromatic hydroxyl groups is 1. The van der Waals surface area contributed by atoms with Gasteiger partial charge in [-0.25, -0.2) is 4.68 Å². The molecule has 15 heavy (non-hydrogen) atoms. The van der Waals surface area contributed by atoms with Crippen LogP contribution in [0.1, 0.15) is 5.56 Å². The van der Waals surface area contributed by atoms with Gasteiger partial charge in [0.1, 0.15) is 5.75 Å². The first kappa shape index (κ1) is 9.28. The van der Waals surface area contributed by atoms with Gasteiger partial charge in [-0.05, 0) is 12.1 Å². The van der Waals surface area contributed by atoms with Crippen LogP contribution in [0.15, 0.2) is 36.7 Å². The van der Waals surface area contributed by atoms with Crippen LogP contribution in [0.2, 0.25) is 0 Å². The van der Waals surface area contributed by atoms with E-state index in [9.17, 15) is 5.11 Å². The van der Waals surface area contributed by atoms with E-state index >= 15 is 0 Å². The fourth-order valence-corrected chi connectivity index (χ4v) is 1.32. The van der Waals surface area contributed by atoms with Crippen LogP contribution in [0.4, 0.5) is 0 Å². The standard InChI is InChI=1S/C11H9N3O/c12-5-4-9-7-13-14(8-9)10-2-1-3-11(15)6-10/h1-3,6-8,15H,4H2.